The first-order valence-electron chi connectivity index (χ1n) is 8.11. The van der Waals surface area contributed by atoms with E-state index in [-0.39, 0.29) is 23.2 Å². The van der Waals surface area contributed by atoms with Crippen molar-refractivity contribution < 1.29 is 14.3 Å². The van der Waals surface area contributed by atoms with Crippen molar-refractivity contribution in [1.82, 2.24) is 15.1 Å². The van der Waals surface area contributed by atoms with Crippen LogP contribution in [0.15, 0.2) is 35.1 Å². The number of methoxy groups -OCH3 is 2. The molecule has 0 radical (unpaired) electrons. The van der Waals surface area contributed by atoms with Gasteiger partial charge in [0.25, 0.3) is 11.5 Å². The molecule has 7 nitrogen and oxygen atoms in total. The van der Waals surface area contributed by atoms with E-state index >= 15 is 0 Å². The Kier molecular flexibility index (Phi) is 6.16. The summed E-state index contributed by atoms with van der Waals surface area (Å²) in [6.07, 6.45) is 0.764. The van der Waals surface area contributed by atoms with E-state index in [2.05, 4.69) is 10.4 Å². The third-order valence-corrected chi connectivity index (χ3v) is 3.79. The number of nitrogens with zero attached hydrogens (tertiary/aromatic N) is 2. The van der Waals surface area contributed by atoms with Gasteiger partial charge in [-0.2, -0.15) is 5.10 Å². The number of hydrogen-bond donors (Lipinski definition) is 1. The van der Waals surface area contributed by atoms with E-state index in [1.807, 2.05) is 26.0 Å². The zero-order valence-electron chi connectivity index (χ0n) is 14.9. The summed E-state index contributed by atoms with van der Waals surface area (Å²) in [4.78, 5) is 24.1. The van der Waals surface area contributed by atoms with Crippen molar-refractivity contribution in [1.29, 1.82) is 0 Å². The average Bonchev–Trinajstić information content (AvgIpc) is 2.62. The van der Waals surface area contributed by atoms with Crippen LogP contribution in [0.25, 0.3) is 0 Å². The predicted molar refractivity (Wildman–Crippen MR) is 94.2 cm³/mol. The third-order valence-electron chi connectivity index (χ3n) is 3.79. The zero-order valence-corrected chi connectivity index (χ0v) is 14.9. The van der Waals surface area contributed by atoms with Gasteiger partial charge < -0.3 is 14.8 Å². The monoisotopic (exact) mass is 345 g/mol. The summed E-state index contributed by atoms with van der Waals surface area (Å²) >= 11 is 0. The first-order valence-corrected chi connectivity index (χ1v) is 8.11. The third kappa shape index (κ3) is 4.37. The standard InChI is InChI=1S/C18H23N3O4/c1-5-10-21-17(22)9-7-14(20-21)18(23)19-12(2)13-6-8-15(24-3)16(11-13)25-4/h6-9,11-12H,5,10H2,1-4H3,(H,19,23)/t12-/m0/s1. The molecule has 2 aromatic rings. The summed E-state index contributed by atoms with van der Waals surface area (Å²) < 4.78 is 11.8. The summed E-state index contributed by atoms with van der Waals surface area (Å²) in [5.41, 5.74) is 0.861. The second kappa shape index (κ2) is 8.32. The van der Waals surface area contributed by atoms with Gasteiger partial charge in [-0.25, -0.2) is 4.68 Å². The van der Waals surface area contributed by atoms with Gasteiger partial charge >= 0.3 is 0 Å². The van der Waals surface area contributed by atoms with Crippen LogP contribution < -0.4 is 20.3 Å². The number of nitrogens with one attached hydrogen (secondary N) is 1. The van der Waals surface area contributed by atoms with Crippen LogP contribution in [0.1, 0.15) is 42.4 Å². The maximum absolute atomic E-state index is 12.4. The average molecular weight is 345 g/mol. The van der Waals surface area contributed by atoms with Crippen LogP contribution in [0.2, 0.25) is 0 Å². The van der Waals surface area contributed by atoms with E-state index in [0.29, 0.717) is 18.0 Å². The molecule has 0 saturated carbocycles. The highest BCUT2D eigenvalue weighted by Gasteiger charge is 2.15. The molecule has 0 saturated heterocycles. The number of aryl methyl sites for hydroxylation is 1. The van der Waals surface area contributed by atoms with Gasteiger partial charge in [-0.05, 0) is 37.1 Å². The van der Waals surface area contributed by atoms with E-state index in [1.165, 1.54) is 16.8 Å². The molecule has 1 aromatic heterocycles. The molecule has 134 valence electrons. The molecule has 1 heterocycles. The Bertz CT molecular complexity index is 801. The van der Waals surface area contributed by atoms with Crippen LogP contribution >= 0.6 is 0 Å². The van der Waals surface area contributed by atoms with Crippen LogP contribution in [-0.4, -0.2) is 29.9 Å². The molecule has 0 bridgehead atoms. The topological polar surface area (TPSA) is 82.5 Å². The van der Waals surface area contributed by atoms with Crippen LogP contribution in [0.3, 0.4) is 0 Å². The molecule has 0 aliphatic carbocycles. The number of hydrogen-bond acceptors (Lipinski definition) is 5. The molecular formula is C18H23N3O4. The summed E-state index contributed by atoms with van der Waals surface area (Å²) in [7, 11) is 3.13. The second-order valence-electron chi connectivity index (χ2n) is 5.59. The van der Waals surface area contributed by atoms with Crippen LogP contribution in [0, 0.1) is 0 Å². The number of amides is 1. The second-order valence-corrected chi connectivity index (χ2v) is 5.59. The van der Waals surface area contributed by atoms with Gasteiger partial charge in [0.2, 0.25) is 0 Å². The molecule has 7 heteroatoms. The molecule has 0 spiro atoms. The molecule has 0 aliphatic heterocycles. The number of ether oxygens (including phenoxy) is 2. The maximum Gasteiger partial charge on any atom is 0.272 e. The molecule has 1 atom stereocenters. The van der Waals surface area contributed by atoms with Crippen molar-refractivity contribution in [3.05, 3.63) is 51.9 Å². The van der Waals surface area contributed by atoms with Crippen molar-refractivity contribution in [2.45, 2.75) is 32.9 Å². The molecule has 1 N–H and O–H groups in total. The Balaban J connectivity index is 2.17. The largest absolute Gasteiger partial charge is 0.493 e. The number of carbonyl (C=O) groups excluding carboxylic acids is 1. The van der Waals surface area contributed by atoms with Crippen molar-refractivity contribution in [2.75, 3.05) is 14.2 Å². The van der Waals surface area contributed by atoms with Gasteiger partial charge in [0.1, 0.15) is 5.69 Å². The summed E-state index contributed by atoms with van der Waals surface area (Å²) in [5, 5.41) is 6.99. The van der Waals surface area contributed by atoms with Gasteiger partial charge in [-0.15, -0.1) is 0 Å². The van der Waals surface area contributed by atoms with Crippen molar-refractivity contribution in [2.24, 2.45) is 0 Å². The minimum atomic E-state index is -0.341. The normalized spacial score (nSPS) is 11.7. The summed E-state index contributed by atoms with van der Waals surface area (Å²) in [6.45, 7) is 4.28. The Morgan fingerprint density at radius 2 is 1.92 bits per heavy atom. The fourth-order valence-corrected chi connectivity index (χ4v) is 2.42. The Hall–Kier alpha value is -2.83. The number of benzene rings is 1. The summed E-state index contributed by atoms with van der Waals surface area (Å²) in [6, 6.07) is 7.99. The lowest BCUT2D eigenvalue weighted by molar-refractivity contribution is 0.0932. The zero-order chi connectivity index (χ0) is 18.4. The highest BCUT2D eigenvalue weighted by atomic mass is 16.5. The lowest BCUT2D eigenvalue weighted by atomic mass is 10.1. The highest BCUT2D eigenvalue weighted by Crippen LogP contribution is 2.29. The minimum absolute atomic E-state index is 0.209. The fourth-order valence-electron chi connectivity index (χ4n) is 2.42. The lowest BCUT2D eigenvalue weighted by Crippen LogP contribution is -2.31. The molecule has 1 aromatic carbocycles. The number of rotatable bonds is 7. The van der Waals surface area contributed by atoms with Crippen LogP contribution in [0.5, 0.6) is 11.5 Å². The summed E-state index contributed by atoms with van der Waals surface area (Å²) in [5.74, 6) is 0.876. The molecular weight excluding hydrogens is 322 g/mol. The minimum Gasteiger partial charge on any atom is -0.493 e. The van der Waals surface area contributed by atoms with Gasteiger partial charge in [0, 0.05) is 12.6 Å². The van der Waals surface area contributed by atoms with E-state index in [9.17, 15) is 9.59 Å². The van der Waals surface area contributed by atoms with Crippen molar-refractivity contribution in [3.63, 3.8) is 0 Å². The fraction of sp³-hybridized carbons (Fsp3) is 0.389. The molecule has 0 aliphatic rings. The quantitative estimate of drug-likeness (QED) is 0.831. The molecule has 0 unspecified atom stereocenters. The Morgan fingerprint density at radius 1 is 1.20 bits per heavy atom. The van der Waals surface area contributed by atoms with E-state index in [4.69, 9.17) is 9.47 Å². The van der Waals surface area contributed by atoms with E-state index < -0.39 is 0 Å². The Morgan fingerprint density at radius 3 is 2.56 bits per heavy atom. The maximum atomic E-state index is 12.4. The van der Waals surface area contributed by atoms with Gasteiger partial charge in [-0.1, -0.05) is 13.0 Å². The van der Waals surface area contributed by atoms with Crippen molar-refractivity contribution in [3.8, 4) is 11.5 Å². The van der Waals surface area contributed by atoms with Gasteiger partial charge in [0.15, 0.2) is 11.5 Å². The first-order chi connectivity index (χ1) is 12.0. The Labute approximate surface area is 146 Å². The SMILES string of the molecule is CCCn1nc(C(=O)N[C@@H](C)c2ccc(OC)c(OC)c2)ccc1=O. The van der Waals surface area contributed by atoms with Crippen LogP contribution in [0.4, 0.5) is 0 Å². The molecule has 2 rings (SSSR count). The van der Waals surface area contributed by atoms with E-state index in [1.54, 1.807) is 20.3 Å². The molecule has 0 fully saturated rings. The van der Waals surface area contributed by atoms with Gasteiger partial charge in [0.05, 0.1) is 20.3 Å². The first kappa shape index (κ1) is 18.5. The molecule has 1 amide bonds. The smallest absolute Gasteiger partial charge is 0.272 e. The van der Waals surface area contributed by atoms with Crippen LogP contribution in [-0.2, 0) is 6.54 Å². The number of aromatic nitrogens is 2. The highest BCUT2D eigenvalue weighted by molar-refractivity contribution is 5.92. The molecule has 25 heavy (non-hydrogen) atoms. The van der Waals surface area contributed by atoms with E-state index in [0.717, 1.165) is 12.0 Å². The number of carbonyl (C=O) groups is 1. The van der Waals surface area contributed by atoms with Gasteiger partial charge in [-0.3, -0.25) is 9.59 Å². The van der Waals surface area contributed by atoms with Crippen molar-refractivity contribution >= 4 is 5.91 Å². The predicted octanol–water partition coefficient (Wildman–Crippen LogP) is 2.16. The lowest BCUT2D eigenvalue weighted by Gasteiger charge is -2.16.